The second kappa shape index (κ2) is 7.40. The molecule has 0 heterocycles. The Balaban J connectivity index is 2.26. The van der Waals surface area contributed by atoms with E-state index in [1.807, 2.05) is 12.1 Å². The van der Waals surface area contributed by atoms with Gasteiger partial charge in [0.2, 0.25) is 0 Å². The molecule has 0 aromatic heterocycles. The third-order valence-corrected chi connectivity index (χ3v) is 3.50. The first-order chi connectivity index (χ1) is 11.0. The Bertz CT molecular complexity index is 728. The number of benzene rings is 2. The molecule has 0 spiro atoms. The molecule has 0 saturated heterocycles. The number of aryl methyl sites for hydroxylation is 1. The van der Waals surface area contributed by atoms with Gasteiger partial charge in [0.1, 0.15) is 5.75 Å². The van der Waals surface area contributed by atoms with Gasteiger partial charge in [0.05, 0.1) is 10.6 Å². The number of amides is 1. The van der Waals surface area contributed by atoms with E-state index in [0.29, 0.717) is 5.56 Å². The molecule has 0 fully saturated rings. The van der Waals surface area contributed by atoms with Gasteiger partial charge in [-0.15, -0.1) is 0 Å². The largest absolute Gasteiger partial charge is 0.506 e. The van der Waals surface area contributed by atoms with Crippen molar-refractivity contribution in [2.24, 2.45) is 0 Å². The van der Waals surface area contributed by atoms with Crippen molar-refractivity contribution in [3.63, 3.8) is 0 Å². The molecule has 1 amide bonds. The second-order valence-electron chi connectivity index (χ2n) is 5.17. The number of nitrogens with zero attached hydrogens (tertiary/aromatic N) is 1. The van der Waals surface area contributed by atoms with E-state index in [9.17, 15) is 20.0 Å². The van der Waals surface area contributed by atoms with Crippen molar-refractivity contribution in [3.8, 4) is 5.75 Å². The van der Waals surface area contributed by atoms with E-state index in [0.717, 1.165) is 30.9 Å². The number of carbonyl (C=O) groups is 1. The van der Waals surface area contributed by atoms with Crippen molar-refractivity contribution in [1.29, 1.82) is 0 Å². The van der Waals surface area contributed by atoms with E-state index in [2.05, 4.69) is 12.2 Å². The molecule has 6 heteroatoms. The van der Waals surface area contributed by atoms with Gasteiger partial charge >= 0.3 is 0 Å². The monoisotopic (exact) mass is 314 g/mol. The third kappa shape index (κ3) is 4.06. The van der Waals surface area contributed by atoms with Crippen molar-refractivity contribution in [2.45, 2.75) is 26.2 Å². The lowest BCUT2D eigenvalue weighted by molar-refractivity contribution is -0.384. The fourth-order valence-electron chi connectivity index (χ4n) is 2.25. The third-order valence-electron chi connectivity index (χ3n) is 3.50. The quantitative estimate of drug-likeness (QED) is 0.480. The predicted molar refractivity (Wildman–Crippen MR) is 87.8 cm³/mol. The van der Waals surface area contributed by atoms with Crippen LogP contribution in [0.4, 0.5) is 11.4 Å². The van der Waals surface area contributed by atoms with Crippen LogP contribution < -0.4 is 5.32 Å². The fourth-order valence-corrected chi connectivity index (χ4v) is 2.25. The molecule has 6 nitrogen and oxygen atoms in total. The molecule has 0 aliphatic carbocycles. The van der Waals surface area contributed by atoms with E-state index in [1.165, 1.54) is 12.1 Å². The molecule has 2 aromatic carbocycles. The topological polar surface area (TPSA) is 92.5 Å². The lowest BCUT2D eigenvalue weighted by Gasteiger charge is -2.11. The minimum atomic E-state index is -0.579. The predicted octanol–water partition coefficient (Wildman–Crippen LogP) is 3.90. The van der Waals surface area contributed by atoms with Crippen molar-refractivity contribution in [1.82, 2.24) is 0 Å². The minimum Gasteiger partial charge on any atom is -0.506 e. The zero-order valence-corrected chi connectivity index (χ0v) is 12.8. The summed E-state index contributed by atoms with van der Waals surface area (Å²) >= 11 is 0. The number of aromatic hydroxyl groups is 1. The molecule has 2 N–H and O–H groups in total. The SMILES string of the molecule is CCCCc1ccccc1C(=O)Nc1cc([N+](=O)[O-])ccc1O. The minimum absolute atomic E-state index is 0.0227. The Morgan fingerprint density at radius 1 is 1.26 bits per heavy atom. The molecular formula is C17H18N2O4. The van der Waals surface area contributed by atoms with Crippen LogP contribution in [0.25, 0.3) is 0 Å². The molecule has 0 aliphatic heterocycles. The number of nitro groups is 1. The van der Waals surface area contributed by atoms with E-state index in [1.54, 1.807) is 12.1 Å². The van der Waals surface area contributed by atoms with Crippen LogP contribution in [0.3, 0.4) is 0 Å². The van der Waals surface area contributed by atoms with E-state index < -0.39 is 10.8 Å². The van der Waals surface area contributed by atoms with Gasteiger partial charge in [-0.3, -0.25) is 14.9 Å². The molecule has 2 rings (SSSR count). The number of nitrogens with one attached hydrogen (secondary N) is 1. The zero-order valence-electron chi connectivity index (χ0n) is 12.8. The van der Waals surface area contributed by atoms with E-state index in [4.69, 9.17) is 0 Å². The van der Waals surface area contributed by atoms with Crippen molar-refractivity contribution in [3.05, 3.63) is 63.7 Å². The summed E-state index contributed by atoms with van der Waals surface area (Å²) in [7, 11) is 0. The van der Waals surface area contributed by atoms with Gasteiger partial charge in [-0.1, -0.05) is 31.5 Å². The zero-order chi connectivity index (χ0) is 16.8. The van der Waals surface area contributed by atoms with E-state index >= 15 is 0 Å². The number of nitro benzene ring substituents is 1. The summed E-state index contributed by atoms with van der Waals surface area (Å²) in [6, 6.07) is 10.7. The summed E-state index contributed by atoms with van der Waals surface area (Å²) in [5, 5.41) is 23.1. The number of phenols is 1. The summed E-state index contributed by atoms with van der Waals surface area (Å²) < 4.78 is 0. The lowest BCUT2D eigenvalue weighted by atomic mass is 10.0. The molecule has 23 heavy (non-hydrogen) atoms. The molecule has 0 saturated carbocycles. The van der Waals surface area contributed by atoms with Crippen LogP contribution in [-0.4, -0.2) is 15.9 Å². The maximum absolute atomic E-state index is 12.4. The fraction of sp³-hybridized carbons (Fsp3) is 0.235. The van der Waals surface area contributed by atoms with Gasteiger partial charge in [0.15, 0.2) is 0 Å². The molecule has 120 valence electrons. The van der Waals surface area contributed by atoms with Crippen LogP contribution in [0.2, 0.25) is 0 Å². The normalized spacial score (nSPS) is 10.3. The highest BCUT2D eigenvalue weighted by Crippen LogP contribution is 2.28. The highest BCUT2D eigenvalue weighted by Gasteiger charge is 2.15. The maximum Gasteiger partial charge on any atom is 0.271 e. The first-order valence-corrected chi connectivity index (χ1v) is 7.39. The average molecular weight is 314 g/mol. The number of hydrogen-bond acceptors (Lipinski definition) is 4. The highest BCUT2D eigenvalue weighted by atomic mass is 16.6. The van der Waals surface area contributed by atoms with Crippen molar-refractivity contribution < 1.29 is 14.8 Å². The second-order valence-corrected chi connectivity index (χ2v) is 5.17. The first-order valence-electron chi connectivity index (χ1n) is 7.39. The van der Waals surface area contributed by atoms with Crippen molar-refractivity contribution >= 4 is 17.3 Å². The molecule has 0 radical (unpaired) electrons. The van der Waals surface area contributed by atoms with Crippen LogP contribution in [0.15, 0.2) is 42.5 Å². The van der Waals surface area contributed by atoms with Gasteiger partial charge in [-0.2, -0.15) is 0 Å². The smallest absolute Gasteiger partial charge is 0.271 e. The highest BCUT2D eigenvalue weighted by molar-refractivity contribution is 6.06. The molecule has 0 bridgehead atoms. The van der Waals surface area contributed by atoms with Gasteiger partial charge in [0.25, 0.3) is 11.6 Å². The number of non-ortho nitro benzene ring substituents is 1. The number of phenolic OH excluding ortho intramolecular Hbond substituents is 1. The number of hydrogen-bond donors (Lipinski definition) is 2. The Kier molecular flexibility index (Phi) is 5.30. The number of rotatable bonds is 6. The van der Waals surface area contributed by atoms with Gasteiger partial charge in [-0.05, 0) is 30.5 Å². The Labute approximate surface area is 133 Å². The number of unbranched alkanes of at least 4 members (excludes halogenated alkanes) is 1. The summed E-state index contributed by atoms with van der Waals surface area (Å²) in [6.45, 7) is 2.07. The average Bonchev–Trinajstić information content (AvgIpc) is 2.55. The molecule has 2 aromatic rings. The van der Waals surface area contributed by atoms with Gasteiger partial charge < -0.3 is 10.4 Å². The summed E-state index contributed by atoms with van der Waals surface area (Å²) in [5.41, 5.74) is 1.25. The molecule has 0 aliphatic rings. The van der Waals surface area contributed by atoms with Crippen LogP contribution in [0.5, 0.6) is 5.75 Å². The van der Waals surface area contributed by atoms with Crippen LogP contribution in [0, 0.1) is 10.1 Å². The van der Waals surface area contributed by atoms with Crippen LogP contribution in [0.1, 0.15) is 35.7 Å². The molecule has 0 unspecified atom stereocenters. The van der Waals surface area contributed by atoms with Gasteiger partial charge in [0, 0.05) is 17.7 Å². The van der Waals surface area contributed by atoms with Crippen molar-refractivity contribution in [2.75, 3.05) is 5.32 Å². The first kappa shape index (κ1) is 16.5. The summed E-state index contributed by atoms with van der Waals surface area (Å²) in [4.78, 5) is 22.7. The Morgan fingerprint density at radius 3 is 2.70 bits per heavy atom. The number of carbonyl (C=O) groups excluding carboxylic acids is 1. The Hall–Kier alpha value is -2.89. The van der Waals surface area contributed by atoms with Crippen LogP contribution in [-0.2, 0) is 6.42 Å². The molecular weight excluding hydrogens is 296 g/mol. The molecule has 0 atom stereocenters. The summed E-state index contributed by atoms with van der Waals surface area (Å²) in [5.74, 6) is -0.609. The number of anilines is 1. The summed E-state index contributed by atoms with van der Waals surface area (Å²) in [6.07, 6.45) is 2.76. The Morgan fingerprint density at radius 2 is 2.00 bits per heavy atom. The lowest BCUT2D eigenvalue weighted by Crippen LogP contribution is -2.14. The maximum atomic E-state index is 12.4. The van der Waals surface area contributed by atoms with Crippen LogP contribution >= 0.6 is 0 Å². The van der Waals surface area contributed by atoms with E-state index in [-0.39, 0.29) is 17.1 Å². The van der Waals surface area contributed by atoms with Gasteiger partial charge in [-0.25, -0.2) is 0 Å². The standard InChI is InChI=1S/C17H18N2O4/c1-2-3-6-12-7-4-5-8-14(12)17(21)18-15-11-13(19(22)23)9-10-16(15)20/h4-5,7-11,20H,2-3,6H2,1H3,(H,18,21).